The minimum Gasteiger partial charge on any atom is -0.263 e. The normalized spacial score (nSPS) is 11.1. The summed E-state index contributed by atoms with van der Waals surface area (Å²) in [5.74, 6) is 0. The summed E-state index contributed by atoms with van der Waals surface area (Å²) < 4.78 is 0. The Bertz CT molecular complexity index is 1990. The number of benzene rings is 5. The molecule has 176 valence electrons. The highest BCUT2D eigenvalue weighted by Gasteiger charge is 2.18. The first-order valence-corrected chi connectivity index (χ1v) is 12.6. The van der Waals surface area contributed by atoms with Crippen molar-refractivity contribution in [2.45, 2.75) is 0 Å². The highest BCUT2D eigenvalue weighted by Crippen LogP contribution is 2.45. The number of pyridine rings is 2. The van der Waals surface area contributed by atoms with Crippen molar-refractivity contribution in [1.29, 1.82) is 5.26 Å². The van der Waals surface area contributed by atoms with Crippen molar-refractivity contribution in [3.8, 4) is 39.4 Å². The summed E-state index contributed by atoms with van der Waals surface area (Å²) >= 11 is 0. The van der Waals surface area contributed by atoms with E-state index in [4.69, 9.17) is 0 Å². The Morgan fingerprint density at radius 3 is 1.84 bits per heavy atom. The first-order valence-electron chi connectivity index (χ1n) is 12.6. The Morgan fingerprint density at radius 2 is 1.13 bits per heavy atom. The van der Waals surface area contributed by atoms with Gasteiger partial charge in [-0.1, -0.05) is 91.0 Å². The van der Waals surface area contributed by atoms with Crippen molar-refractivity contribution in [3.05, 3.63) is 133 Å². The third-order valence-electron chi connectivity index (χ3n) is 7.23. The lowest BCUT2D eigenvalue weighted by Gasteiger charge is -2.19. The molecule has 0 saturated carbocycles. The third kappa shape index (κ3) is 3.51. The molecule has 0 atom stereocenters. The molecule has 0 radical (unpaired) electrons. The minimum atomic E-state index is 0.392. The summed E-state index contributed by atoms with van der Waals surface area (Å²) in [6.07, 6.45) is 5.45. The molecule has 0 amide bonds. The van der Waals surface area contributed by atoms with Gasteiger partial charge in [0.05, 0.1) is 0 Å². The van der Waals surface area contributed by atoms with Crippen LogP contribution in [0.2, 0.25) is 0 Å². The fourth-order valence-corrected chi connectivity index (χ4v) is 5.58. The van der Waals surface area contributed by atoms with Crippen molar-refractivity contribution in [3.63, 3.8) is 0 Å². The van der Waals surface area contributed by atoms with Gasteiger partial charge in [0.15, 0.2) is 0 Å². The molecule has 0 saturated heterocycles. The second-order valence-electron chi connectivity index (χ2n) is 9.37. The van der Waals surface area contributed by atoms with Crippen molar-refractivity contribution >= 4 is 32.3 Å². The predicted octanol–water partition coefficient (Wildman–Crippen LogP) is 8.81. The van der Waals surface area contributed by atoms with E-state index >= 15 is 0 Å². The molecule has 0 aliphatic rings. The molecule has 5 aromatic carbocycles. The maximum absolute atomic E-state index is 9.34. The zero-order valence-corrected chi connectivity index (χ0v) is 20.5. The molecule has 0 aliphatic carbocycles. The molecule has 3 heteroatoms. The Hall–Kier alpha value is -5.33. The van der Waals surface area contributed by atoms with Crippen LogP contribution >= 0.6 is 0 Å². The van der Waals surface area contributed by atoms with Gasteiger partial charge < -0.3 is 0 Å². The number of fused-ring (bicyclic) bond motifs is 3. The van der Waals surface area contributed by atoms with Crippen LogP contribution in [0.25, 0.3) is 65.7 Å². The molecule has 2 aromatic heterocycles. The van der Waals surface area contributed by atoms with E-state index in [-0.39, 0.29) is 0 Å². The summed E-state index contributed by atoms with van der Waals surface area (Å²) in [4.78, 5) is 8.75. The minimum absolute atomic E-state index is 0.392. The average Bonchev–Trinajstić information content (AvgIpc) is 2.99. The Kier molecular flexibility index (Phi) is 5.17. The summed E-state index contributed by atoms with van der Waals surface area (Å²) in [6, 6.07) is 40.5. The molecule has 0 fully saturated rings. The molecule has 38 heavy (non-hydrogen) atoms. The second kappa shape index (κ2) is 8.96. The molecule has 0 spiro atoms. The molecule has 0 bridgehead atoms. The predicted molar refractivity (Wildman–Crippen MR) is 156 cm³/mol. The monoisotopic (exact) mass is 483 g/mol. The van der Waals surface area contributed by atoms with Crippen LogP contribution < -0.4 is 0 Å². The summed E-state index contributed by atoms with van der Waals surface area (Å²) in [6.45, 7) is 0. The Morgan fingerprint density at radius 1 is 0.526 bits per heavy atom. The summed E-state index contributed by atoms with van der Waals surface area (Å²) in [5, 5.41) is 16.6. The van der Waals surface area contributed by atoms with Crippen molar-refractivity contribution < 1.29 is 0 Å². The molecular formula is C35H21N3. The second-order valence-corrected chi connectivity index (χ2v) is 9.37. The Labute approximate surface area is 220 Å². The fourth-order valence-electron chi connectivity index (χ4n) is 5.58. The van der Waals surface area contributed by atoms with Gasteiger partial charge in [-0.15, -0.1) is 0 Å². The highest BCUT2D eigenvalue weighted by molar-refractivity contribution is 6.23. The van der Waals surface area contributed by atoms with E-state index in [0.717, 1.165) is 22.3 Å². The van der Waals surface area contributed by atoms with Crippen molar-refractivity contribution in [2.75, 3.05) is 0 Å². The fraction of sp³-hybridized carbons (Fsp3) is 0. The van der Waals surface area contributed by atoms with Gasteiger partial charge in [0.1, 0.15) is 11.8 Å². The van der Waals surface area contributed by atoms with E-state index in [1.165, 1.54) is 43.4 Å². The summed E-state index contributed by atoms with van der Waals surface area (Å²) in [5.41, 5.74) is 6.94. The first kappa shape index (κ1) is 21.9. The zero-order chi connectivity index (χ0) is 25.5. The molecule has 0 aliphatic heterocycles. The Balaban J connectivity index is 1.56. The van der Waals surface area contributed by atoms with Crippen molar-refractivity contribution in [1.82, 2.24) is 9.97 Å². The van der Waals surface area contributed by atoms with Gasteiger partial charge in [-0.3, -0.25) is 4.98 Å². The molecular weight excluding hydrogens is 462 g/mol. The van der Waals surface area contributed by atoms with E-state index in [2.05, 4.69) is 113 Å². The number of aromatic nitrogens is 2. The van der Waals surface area contributed by atoms with Gasteiger partial charge in [-0.25, -0.2) is 4.98 Å². The van der Waals surface area contributed by atoms with Gasteiger partial charge in [-0.2, -0.15) is 5.26 Å². The summed E-state index contributed by atoms with van der Waals surface area (Å²) in [7, 11) is 0. The van der Waals surface area contributed by atoms with Crippen LogP contribution in [0.15, 0.2) is 128 Å². The van der Waals surface area contributed by atoms with Crippen LogP contribution in [0.5, 0.6) is 0 Å². The smallest absolute Gasteiger partial charge is 0.141 e. The molecule has 7 rings (SSSR count). The van der Waals surface area contributed by atoms with E-state index in [1.807, 2.05) is 18.5 Å². The SMILES string of the molecule is N#Cc1cc(-c2cncc(-c3c4ccccc4c(-c4cccc5ccccc45)c4ccccc34)c2)ccn1. The van der Waals surface area contributed by atoms with E-state index in [9.17, 15) is 5.26 Å². The maximum Gasteiger partial charge on any atom is 0.141 e. The quantitative estimate of drug-likeness (QED) is 0.236. The molecule has 2 heterocycles. The van der Waals surface area contributed by atoms with Gasteiger partial charge >= 0.3 is 0 Å². The average molecular weight is 484 g/mol. The lowest BCUT2D eigenvalue weighted by Crippen LogP contribution is -1.92. The molecule has 3 nitrogen and oxygen atoms in total. The van der Waals surface area contributed by atoms with Crippen LogP contribution in [-0.2, 0) is 0 Å². The van der Waals surface area contributed by atoms with E-state index in [0.29, 0.717) is 5.69 Å². The van der Waals surface area contributed by atoms with E-state index < -0.39 is 0 Å². The van der Waals surface area contributed by atoms with Crippen LogP contribution in [0.1, 0.15) is 5.69 Å². The standard InChI is InChI=1S/C35H21N3/c36-20-27-19-24(16-17-38-27)25-18-26(22-37-21-25)34-30-11-3-5-13-32(30)35(33-14-6-4-12-31(33)34)29-15-7-9-23-8-1-2-10-28(23)29/h1-19,21-22H. The highest BCUT2D eigenvalue weighted by atomic mass is 14.7. The van der Waals surface area contributed by atoms with Crippen LogP contribution in [0.3, 0.4) is 0 Å². The molecule has 7 aromatic rings. The topological polar surface area (TPSA) is 49.6 Å². The van der Waals surface area contributed by atoms with Crippen molar-refractivity contribution in [2.24, 2.45) is 0 Å². The van der Waals surface area contributed by atoms with Gasteiger partial charge in [0.2, 0.25) is 0 Å². The van der Waals surface area contributed by atoms with Crippen LogP contribution in [0, 0.1) is 11.3 Å². The number of nitrogens with zero attached hydrogens (tertiary/aromatic N) is 3. The number of hydrogen-bond acceptors (Lipinski definition) is 3. The van der Waals surface area contributed by atoms with Crippen LogP contribution in [0.4, 0.5) is 0 Å². The zero-order valence-electron chi connectivity index (χ0n) is 20.5. The maximum atomic E-state index is 9.34. The molecule has 0 unspecified atom stereocenters. The van der Waals surface area contributed by atoms with E-state index in [1.54, 1.807) is 12.3 Å². The number of nitriles is 1. The number of hydrogen-bond donors (Lipinski definition) is 0. The van der Waals surface area contributed by atoms with Gasteiger partial charge in [-0.05, 0) is 72.8 Å². The first-order chi connectivity index (χ1) is 18.8. The largest absolute Gasteiger partial charge is 0.263 e. The lowest BCUT2D eigenvalue weighted by atomic mass is 9.85. The molecule has 0 N–H and O–H groups in total. The third-order valence-corrected chi connectivity index (χ3v) is 7.23. The van der Waals surface area contributed by atoms with Gasteiger partial charge in [0.25, 0.3) is 0 Å². The van der Waals surface area contributed by atoms with Crippen LogP contribution in [-0.4, -0.2) is 9.97 Å². The number of rotatable bonds is 3. The van der Waals surface area contributed by atoms with Gasteiger partial charge in [0, 0.05) is 29.7 Å². The lowest BCUT2D eigenvalue weighted by molar-refractivity contribution is 1.26.